The van der Waals surface area contributed by atoms with E-state index in [9.17, 15) is 19.2 Å². The first-order valence-electron chi connectivity index (χ1n) is 14.0. The molecule has 2 amide bonds. The molecule has 1 saturated heterocycles. The van der Waals surface area contributed by atoms with Crippen molar-refractivity contribution in [1.29, 1.82) is 0 Å². The van der Waals surface area contributed by atoms with Gasteiger partial charge in [-0.2, -0.15) is 0 Å². The highest BCUT2D eigenvalue weighted by Crippen LogP contribution is 2.38. The zero-order chi connectivity index (χ0) is 28.1. The SMILES string of the molecule is CCCC1CCC(c2ccc(N3C(=O)[C@H](OC(=O)c4ccccc4)[C@@H](OC(=O)c4ccccc4)C3=O)cc2)CC1. The average Bonchev–Trinajstić information content (AvgIpc) is 3.22. The quantitative estimate of drug-likeness (QED) is 0.254. The first kappa shape index (κ1) is 27.3. The van der Waals surface area contributed by atoms with Gasteiger partial charge >= 0.3 is 11.9 Å². The highest BCUT2D eigenvalue weighted by atomic mass is 16.6. The Balaban J connectivity index is 1.36. The molecule has 7 nitrogen and oxygen atoms in total. The number of rotatable bonds is 8. The van der Waals surface area contributed by atoms with Crippen molar-refractivity contribution in [2.24, 2.45) is 5.92 Å². The second-order valence-electron chi connectivity index (χ2n) is 10.5. The lowest BCUT2D eigenvalue weighted by atomic mass is 9.77. The van der Waals surface area contributed by atoms with Crippen LogP contribution in [0.1, 0.15) is 77.6 Å². The second kappa shape index (κ2) is 12.3. The zero-order valence-electron chi connectivity index (χ0n) is 22.5. The van der Waals surface area contributed by atoms with E-state index in [1.807, 2.05) is 12.1 Å². The van der Waals surface area contributed by atoms with Crippen molar-refractivity contribution in [2.75, 3.05) is 4.90 Å². The number of carbonyl (C=O) groups is 4. The van der Waals surface area contributed by atoms with Crippen LogP contribution in [0.15, 0.2) is 84.9 Å². The molecule has 3 aromatic carbocycles. The van der Waals surface area contributed by atoms with Crippen LogP contribution in [-0.4, -0.2) is 36.0 Å². The summed E-state index contributed by atoms with van der Waals surface area (Å²) in [6, 6.07) is 23.7. The van der Waals surface area contributed by atoms with Gasteiger partial charge in [-0.1, -0.05) is 68.3 Å². The van der Waals surface area contributed by atoms with Crippen LogP contribution in [0, 0.1) is 5.92 Å². The van der Waals surface area contributed by atoms with Gasteiger partial charge in [-0.25, -0.2) is 14.5 Å². The summed E-state index contributed by atoms with van der Waals surface area (Å²) in [7, 11) is 0. The smallest absolute Gasteiger partial charge is 0.339 e. The molecule has 1 aliphatic heterocycles. The first-order chi connectivity index (χ1) is 19.5. The van der Waals surface area contributed by atoms with Crippen LogP contribution < -0.4 is 4.90 Å². The summed E-state index contributed by atoms with van der Waals surface area (Å²) >= 11 is 0. The van der Waals surface area contributed by atoms with Crippen molar-refractivity contribution in [3.8, 4) is 0 Å². The minimum Gasteiger partial charge on any atom is -0.444 e. The number of benzene rings is 3. The predicted octanol–water partition coefficient (Wildman–Crippen LogP) is 6.08. The van der Waals surface area contributed by atoms with Gasteiger partial charge in [-0.05, 0) is 79.5 Å². The lowest BCUT2D eigenvalue weighted by molar-refractivity contribution is -0.130. The summed E-state index contributed by atoms with van der Waals surface area (Å²) < 4.78 is 11.0. The van der Waals surface area contributed by atoms with Crippen molar-refractivity contribution in [2.45, 2.75) is 63.6 Å². The molecule has 2 fully saturated rings. The molecule has 2 atom stereocenters. The molecule has 0 bridgehead atoms. The molecule has 0 N–H and O–H groups in total. The molecule has 206 valence electrons. The Morgan fingerprint density at radius 3 is 1.62 bits per heavy atom. The molecule has 3 aromatic rings. The van der Waals surface area contributed by atoms with E-state index >= 15 is 0 Å². The Morgan fingerprint density at radius 2 is 1.18 bits per heavy atom. The fourth-order valence-electron chi connectivity index (χ4n) is 5.70. The van der Waals surface area contributed by atoms with Crippen LogP contribution >= 0.6 is 0 Å². The number of ether oxygens (including phenoxy) is 2. The van der Waals surface area contributed by atoms with E-state index in [1.54, 1.807) is 72.8 Å². The third-order valence-electron chi connectivity index (χ3n) is 7.86. The maximum absolute atomic E-state index is 13.5. The van der Waals surface area contributed by atoms with Crippen molar-refractivity contribution in [3.05, 3.63) is 102 Å². The standard InChI is InChI=1S/C33H33NO6/c1-2-9-22-14-16-23(17-15-22)24-18-20-27(21-19-24)34-30(35)28(39-32(37)25-10-5-3-6-11-25)29(31(34)36)40-33(38)26-12-7-4-8-13-26/h3-8,10-13,18-23,28-29H,2,9,14-17H2,1H3/t22?,23?,28-,29-/m1/s1. The fraction of sp³-hybridized carbons (Fsp3) is 0.333. The third kappa shape index (κ3) is 5.83. The van der Waals surface area contributed by atoms with Crippen molar-refractivity contribution >= 4 is 29.4 Å². The average molecular weight is 540 g/mol. The molecule has 0 radical (unpaired) electrons. The van der Waals surface area contributed by atoms with Crippen LogP contribution in [-0.2, 0) is 19.1 Å². The van der Waals surface area contributed by atoms with Crippen LogP contribution in [0.4, 0.5) is 5.69 Å². The number of imide groups is 1. The molecule has 1 saturated carbocycles. The molecule has 7 heteroatoms. The zero-order valence-corrected chi connectivity index (χ0v) is 22.5. The molecular formula is C33H33NO6. The summed E-state index contributed by atoms with van der Waals surface area (Å²) in [6.45, 7) is 2.23. The second-order valence-corrected chi connectivity index (χ2v) is 10.5. The van der Waals surface area contributed by atoms with Crippen LogP contribution in [0.5, 0.6) is 0 Å². The largest absolute Gasteiger partial charge is 0.444 e. The molecule has 5 rings (SSSR count). The Labute approximate surface area is 234 Å². The summed E-state index contributed by atoms with van der Waals surface area (Å²) in [5.41, 5.74) is 1.95. The molecule has 1 aliphatic carbocycles. The summed E-state index contributed by atoms with van der Waals surface area (Å²) in [6.07, 6.45) is 3.95. The molecule has 40 heavy (non-hydrogen) atoms. The Kier molecular flexibility index (Phi) is 8.39. The van der Waals surface area contributed by atoms with Crippen LogP contribution in [0.2, 0.25) is 0 Å². The van der Waals surface area contributed by atoms with E-state index in [-0.39, 0.29) is 11.1 Å². The normalized spacial score (nSPS) is 22.7. The summed E-state index contributed by atoms with van der Waals surface area (Å²) in [5.74, 6) is -1.84. The summed E-state index contributed by atoms with van der Waals surface area (Å²) in [5, 5.41) is 0. The van der Waals surface area contributed by atoms with Crippen molar-refractivity contribution in [3.63, 3.8) is 0 Å². The molecule has 0 aromatic heterocycles. The minimum absolute atomic E-state index is 0.215. The maximum atomic E-state index is 13.5. The van der Waals surface area contributed by atoms with Crippen LogP contribution in [0.25, 0.3) is 0 Å². The number of anilines is 1. The molecular weight excluding hydrogens is 506 g/mol. The molecule has 1 heterocycles. The highest BCUT2D eigenvalue weighted by Gasteiger charge is 2.53. The first-order valence-corrected chi connectivity index (χ1v) is 14.0. The lowest BCUT2D eigenvalue weighted by Crippen LogP contribution is -2.37. The Bertz CT molecular complexity index is 1280. The van der Waals surface area contributed by atoms with Gasteiger partial charge in [0.25, 0.3) is 11.8 Å². The third-order valence-corrected chi connectivity index (χ3v) is 7.86. The molecule has 2 aliphatic rings. The van der Waals surface area contributed by atoms with Gasteiger partial charge in [0.15, 0.2) is 0 Å². The number of hydrogen-bond acceptors (Lipinski definition) is 6. The van der Waals surface area contributed by atoms with Gasteiger partial charge in [0.1, 0.15) is 0 Å². The number of esters is 2. The van der Waals surface area contributed by atoms with E-state index in [4.69, 9.17) is 9.47 Å². The van der Waals surface area contributed by atoms with E-state index in [0.29, 0.717) is 11.6 Å². The predicted molar refractivity (Wildman–Crippen MR) is 150 cm³/mol. The van der Waals surface area contributed by atoms with Gasteiger partial charge in [0, 0.05) is 0 Å². The number of nitrogens with zero attached hydrogens (tertiary/aromatic N) is 1. The van der Waals surface area contributed by atoms with Crippen molar-refractivity contribution < 1.29 is 28.7 Å². The van der Waals surface area contributed by atoms with Crippen molar-refractivity contribution in [1.82, 2.24) is 0 Å². The fourth-order valence-corrected chi connectivity index (χ4v) is 5.70. The highest BCUT2D eigenvalue weighted by molar-refractivity contribution is 6.25. The Hall–Kier alpha value is -4.26. The van der Waals surface area contributed by atoms with E-state index in [2.05, 4.69) is 6.92 Å². The monoisotopic (exact) mass is 539 g/mol. The van der Waals surface area contributed by atoms with Gasteiger partial charge in [-0.15, -0.1) is 0 Å². The minimum atomic E-state index is -1.61. The van der Waals surface area contributed by atoms with Gasteiger partial charge in [0.2, 0.25) is 12.2 Å². The topological polar surface area (TPSA) is 90.0 Å². The van der Waals surface area contributed by atoms with Gasteiger partial charge < -0.3 is 9.47 Å². The van der Waals surface area contributed by atoms with E-state index < -0.39 is 36.0 Å². The number of carbonyl (C=O) groups excluding carboxylic acids is 4. The Morgan fingerprint density at radius 1 is 0.700 bits per heavy atom. The van der Waals surface area contributed by atoms with E-state index in [0.717, 1.165) is 23.7 Å². The molecule has 0 unspecified atom stereocenters. The lowest BCUT2D eigenvalue weighted by Gasteiger charge is -2.29. The number of hydrogen-bond donors (Lipinski definition) is 0. The maximum Gasteiger partial charge on any atom is 0.339 e. The van der Waals surface area contributed by atoms with Gasteiger partial charge in [0.05, 0.1) is 16.8 Å². The van der Waals surface area contributed by atoms with E-state index in [1.165, 1.54) is 31.2 Å². The summed E-state index contributed by atoms with van der Waals surface area (Å²) in [4.78, 5) is 53.7. The van der Waals surface area contributed by atoms with Gasteiger partial charge in [-0.3, -0.25) is 9.59 Å². The van der Waals surface area contributed by atoms with Crippen LogP contribution in [0.3, 0.4) is 0 Å². The number of amides is 2. The molecule has 0 spiro atoms.